The van der Waals surface area contributed by atoms with Crippen molar-refractivity contribution in [2.24, 2.45) is 0 Å². The van der Waals surface area contributed by atoms with E-state index in [-0.39, 0.29) is 11.4 Å². The Morgan fingerprint density at radius 2 is 2.18 bits per heavy atom. The number of carbonyl (C=O) groups excluding carboxylic acids is 1. The molecule has 0 aromatic heterocycles. The lowest BCUT2D eigenvalue weighted by molar-refractivity contribution is -0.122. The van der Waals surface area contributed by atoms with Crippen molar-refractivity contribution in [2.75, 3.05) is 5.33 Å². The third-order valence-corrected chi connectivity index (χ3v) is 4.20. The van der Waals surface area contributed by atoms with Crippen molar-refractivity contribution in [3.8, 4) is 0 Å². The van der Waals surface area contributed by atoms with Crippen molar-refractivity contribution < 1.29 is 4.79 Å². The average molecular weight is 298 g/mol. The highest BCUT2D eigenvalue weighted by molar-refractivity contribution is 9.09. The van der Waals surface area contributed by atoms with Gasteiger partial charge < -0.3 is 5.32 Å². The van der Waals surface area contributed by atoms with Crippen LogP contribution in [0.15, 0.2) is 24.3 Å². The molecule has 0 aliphatic heterocycles. The number of benzene rings is 1. The molecule has 0 heterocycles. The van der Waals surface area contributed by atoms with Crippen LogP contribution in [0.2, 0.25) is 0 Å². The Labute approximate surface area is 112 Å². The van der Waals surface area contributed by atoms with Crippen LogP contribution in [0.1, 0.15) is 31.4 Å². The van der Waals surface area contributed by atoms with Crippen LogP contribution in [-0.2, 0) is 11.2 Å². The first kappa shape index (κ1) is 14.2. The second-order valence-electron chi connectivity index (χ2n) is 4.76. The second-order valence-corrected chi connectivity index (χ2v) is 5.32. The van der Waals surface area contributed by atoms with Gasteiger partial charge >= 0.3 is 0 Å². The summed E-state index contributed by atoms with van der Waals surface area (Å²) >= 11 is 3.44. The van der Waals surface area contributed by atoms with Crippen molar-refractivity contribution in [3.63, 3.8) is 0 Å². The molecule has 0 aliphatic rings. The Hall–Kier alpha value is -0.830. The van der Waals surface area contributed by atoms with Crippen molar-refractivity contribution in [3.05, 3.63) is 35.4 Å². The van der Waals surface area contributed by atoms with Gasteiger partial charge in [0.2, 0.25) is 5.91 Å². The normalized spacial score (nSPS) is 14.1. The largest absolute Gasteiger partial charge is 0.350 e. The zero-order valence-electron chi connectivity index (χ0n) is 10.7. The van der Waals surface area contributed by atoms with Gasteiger partial charge in [-0.3, -0.25) is 4.79 Å². The smallest absolute Gasteiger partial charge is 0.224 e. The first-order valence-electron chi connectivity index (χ1n) is 5.91. The predicted octanol–water partition coefficient (Wildman–Crippen LogP) is 3.22. The third-order valence-electron chi connectivity index (χ3n) is 2.96. The van der Waals surface area contributed by atoms with Crippen LogP contribution in [0, 0.1) is 6.92 Å². The highest BCUT2D eigenvalue weighted by atomic mass is 79.9. The van der Waals surface area contributed by atoms with Gasteiger partial charge in [-0.2, -0.15) is 0 Å². The molecule has 0 spiro atoms. The van der Waals surface area contributed by atoms with Crippen LogP contribution >= 0.6 is 15.9 Å². The lowest BCUT2D eigenvalue weighted by Crippen LogP contribution is -2.47. The fourth-order valence-corrected chi connectivity index (χ4v) is 2.14. The van der Waals surface area contributed by atoms with Crippen molar-refractivity contribution in [1.29, 1.82) is 0 Å². The summed E-state index contributed by atoms with van der Waals surface area (Å²) in [4.78, 5) is 11.9. The van der Waals surface area contributed by atoms with Crippen LogP contribution in [0.3, 0.4) is 0 Å². The Balaban J connectivity index is 2.61. The van der Waals surface area contributed by atoms with Crippen LogP contribution in [0.25, 0.3) is 0 Å². The fraction of sp³-hybridized carbons (Fsp3) is 0.500. The van der Waals surface area contributed by atoms with E-state index in [9.17, 15) is 4.79 Å². The van der Waals surface area contributed by atoms with Gasteiger partial charge in [0.15, 0.2) is 0 Å². The minimum absolute atomic E-state index is 0.0828. The SMILES string of the molecule is CCC(C)(CBr)NC(=O)Cc1cccc(C)c1. The molecule has 1 amide bonds. The van der Waals surface area contributed by atoms with Gasteiger partial charge in [-0.05, 0) is 25.8 Å². The van der Waals surface area contributed by atoms with Gasteiger partial charge in [0, 0.05) is 10.9 Å². The van der Waals surface area contributed by atoms with E-state index < -0.39 is 0 Å². The Morgan fingerprint density at radius 1 is 1.47 bits per heavy atom. The lowest BCUT2D eigenvalue weighted by Gasteiger charge is -2.27. The molecule has 1 N–H and O–H groups in total. The number of hydrogen-bond donors (Lipinski definition) is 1. The minimum Gasteiger partial charge on any atom is -0.350 e. The summed E-state index contributed by atoms with van der Waals surface area (Å²) in [5.74, 6) is 0.0828. The molecule has 1 unspecified atom stereocenters. The Morgan fingerprint density at radius 3 is 2.71 bits per heavy atom. The summed E-state index contributed by atoms with van der Waals surface area (Å²) in [7, 11) is 0. The summed E-state index contributed by atoms with van der Waals surface area (Å²) < 4.78 is 0. The maximum absolute atomic E-state index is 11.9. The third kappa shape index (κ3) is 4.50. The molecule has 0 aliphatic carbocycles. The molecule has 0 fully saturated rings. The predicted molar refractivity (Wildman–Crippen MR) is 75.5 cm³/mol. The fourth-order valence-electron chi connectivity index (χ4n) is 1.60. The van der Waals surface area contributed by atoms with E-state index in [1.54, 1.807) is 0 Å². The van der Waals surface area contributed by atoms with E-state index in [4.69, 9.17) is 0 Å². The lowest BCUT2D eigenvalue weighted by atomic mass is 10.0. The molecule has 0 saturated carbocycles. The van der Waals surface area contributed by atoms with Crippen LogP contribution in [0.5, 0.6) is 0 Å². The standard InChI is InChI=1S/C14H20BrNO/c1-4-14(3,10-15)16-13(17)9-12-7-5-6-11(2)8-12/h5-8H,4,9-10H2,1-3H3,(H,16,17). The molecule has 3 heteroatoms. The maximum Gasteiger partial charge on any atom is 0.224 e. The van der Waals surface area contributed by atoms with Crippen molar-refractivity contribution in [1.82, 2.24) is 5.32 Å². The van der Waals surface area contributed by atoms with Gasteiger partial charge in [-0.25, -0.2) is 0 Å². The monoisotopic (exact) mass is 297 g/mol. The highest BCUT2D eigenvalue weighted by Gasteiger charge is 2.22. The quantitative estimate of drug-likeness (QED) is 0.831. The average Bonchev–Trinajstić information content (AvgIpc) is 2.28. The highest BCUT2D eigenvalue weighted by Crippen LogP contribution is 2.13. The van der Waals surface area contributed by atoms with E-state index in [1.165, 1.54) is 5.56 Å². The molecule has 0 bridgehead atoms. The molecular formula is C14H20BrNO. The summed E-state index contributed by atoms with van der Waals surface area (Å²) in [6.07, 6.45) is 1.36. The molecular weight excluding hydrogens is 278 g/mol. The molecule has 1 rings (SSSR count). The number of aryl methyl sites for hydroxylation is 1. The van der Waals surface area contributed by atoms with Crippen LogP contribution < -0.4 is 5.32 Å². The van der Waals surface area contributed by atoms with E-state index in [2.05, 4.69) is 41.2 Å². The molecule has 1 atom stereocenters. The van der Waals surface area contributed by atoms with Crippen LogP contribution in [0.4, 0.5) is 0 Å². The molecule has 0 saturated heterocycles. The summed E-state index contributed by atoms with van der Waals surface area (Å²) in [5, 5.41) is 3.85. The number of halogens is 1. The number of amides is 1. The number of nitrogens with one attached hydrogen (secondary N) is 1. The number of hydrogen-bond acceptors (Lipinski definition) is 1. The number of alkyl halides is 1. The van der Waals surface area contributed by atoms with Crippen molar-refractivity contribution >= 4 is 21.8 Å². The van der Waals surface area contributed by atoms with E-state index in [0.29, 0.717) is 6.42 Å². The molecule has 1 aromatic carbocycles. The summed E-state index contributed by atoms with van der Waals surface area (Å²) in [6.45, 7) is 6.17. The second kappa shape index (κ2) is 6.20. The Bertz CT molecular complexity index is 386. The van der Waals surface area contributed by atoms with E-state index >= 15 is 0 Å². The molecule has 94 valence electrons. The van der Waals surface area contributed by atoms with Crippen molar-refractivity contribution in [2.45, 2.75) is 39.2 Å². The zero-order chi connectivity index (χ0) is 12.9. The molecule has 0 radical (unpaired) electrons. The van der Waals surface area contributed by atoms with Gasteiger partial charge in [0.1, 0.15) is 0 Å². The van der Waals surface area contributed by atoms with E-state index in [0.717, 1.165) is 17.3 Å². The maximum atomic E-state index is 11.9. The summed E-state index contributed by atoms with van der Waals surface area (Å²) in [6, 6.07) is 8.07. The number of carbonyl (C=O) groups is 1. The molecule has 2 nitrogen and oxygen atoms in total. The minimum atomic E-state index is -0.152. The van der Waals surface area contributed by atoms with Gasteiger partial charge in [-0.15, -0.1) is 0 Å². The van der Waals surface area contributed by atoms with E-state index in [1.807, 2.05) is 25.1 Å². The molecule has 17 heavy (non-hydrogen) atoms. The topological polar surface area (TPSA) is 29.1 Å². The van der Waals surface area contributed by atoms with Gasteiger partial charge in [0.25, 0.3) is 0 Å². The van der Waals surface area contributed by atoms with Crippen LogP contribution in [-0.4, -0.2) is 16.8 Å². The van der Waals surface area contributed by atoms with Gasteiger partial charge in [-0.1, -0.05) is 52.7 Å². The Kier molecular flexibility index (Phi) is 5.19. The number of rotatable bonds is 5. The first-order chi connectivity index (χ1) is 7.99. The van der Waals surface area contributed by atoms with Gasteiger partial charge in [0.05, 0.1) is 6.42 Å². The summed E-state index contributed by atoms with van der Waals surface area (Å²) in [5.41, 5.74) is 2.10. The molecule has 1 aromatic rings. The zero-order valence-corrected chi connectivity index (χ0v) is 12.3. The first-order valence-corrected chi connectivity index (χ1v) is 7.04.